The van der Waals surface area contributed by atoms with Crippen LogP contribution in [0.5, 0.6) is 0 Å². The van der Waals surface area contributed by atoms with Gasteiger partial charge in [0.2, 0.25) is 0 Å². The molecule has 0 aliphatic rings. The van der Waals surface area contributed by atoms with Crippen LogP contribution in [0.25, 0.3) is 0 Å². The normalized spacial score (nSPS) is 11.3. The summed E-state index contributed by atoms with van der Waals surface area (Å²) in [4.78, 5) is 0. The van der Waals surface area contributed by atoms with Gasteiger partial charge in [-0.25, -0.2) is 0 Å². The third kappa shape index (κ3) is 4.60. The molecule has 0 N–H and O–H groups in total. The molecule has 0 aliphatic carbocycles. The number of rotatable bonds is 3. The summed E-state index contributed by atoms with van der Waals surface area (Å²) in [6.07, 6.45) is 9.60. The van der Waals surface area contributed by atoms with Gasteiger partial charge in [0.1, 0.15) is 0 Å². The maximum absolute atomic E-state index is 2.18. The van der Waals surface area contributed by atoms with Crippen molar-refractivity contribution in [3.05, 3.63) is 35.5 Å². The fourth-order valence-electron chi connectivity index (χ4n) is 0.885. The van der Waals surface area contributed by atoms with E-state index in [0.29, 0.717) is 0 Å². The van der Waals surface area contributed by atoms with Crippen LogP contribution in [0.1, 0.15) is 34.1 Å². The molecule has 0 unspecified atom stereocenters. The Bertz CT molecular complexity index is 176. The van der Waals surface area contributed by atoms with Crippen LogP contribution in [0, 0.1) is 0 Å². The second-order valence-electron chi connectivity index (χ2n) is 2.80. The summed E-state index contributed by atoms with van der Waals surface area (Å²) in [6, 6.07) is 0. The highest BCUT2D eigenvalue weighted by atomic mass is 14.0. The molecule has 0 aromatic rings. The molecule has 0 atom stereocenters. The molecular formula is C11H18. The van der Waals surface area contributed by atoms with Gasteiger partial charge in [0.25, 0.3) is 0 Å². The summed E-state index contributed by atoms with van der Waals surface area (Å²) in [6.45, 7) is 8.41. The largest absolute Gasteiger partial charge is 0.0913 e. The summed E-state index contributed by atoms with van der Waals surface area (Å²) in [7, 11) is 0. The third-order valence-corrected chi connectivity index (χ3v) is 1.58. The minimum atomic E-state index is 1.06. The van der Waals surface area contributed by atoms with E-state index in [2.05, 4.69) is 52.0 Å². The maximum atomic E-state index is 2.18. The lowest BCUT2D eigenvalue weighted by Crippen LogP contribution is -1.79. The molecule has 11 heavy (non-hydrogen) atoms. The van der Waals surface area contributed by atoms with Crippen molar-refractivity contribution in [3.8, 4) is 0 Å². The van der Waals surface area contributed by atoms with E-state index in [1.807, 2.05) is 0 Å². The average Bonchev–Trinajstić information content (AvgIpc) is 1.97. The summed E-state index contributed by atoms with van der Waals surface area (Å²) < 4.78 is 0. The fourth-order valence-corrected chi connectivity index (χ4v) is 0.885. The van der Waals surface area contributed by atoms with E-state index in [9.17, 15) is 0 Å². The Morgan fingerprint density at radius 1 is 1.09 bits per heavy atom. The fraction of sp³-hybridized carbons (Fsp3) is 0.455. The van der Waals surface area contributed by atoms with Crippen LogP contribution in [0.2, 0.25) is 0 Å². The van der Waals surface area contributed by atoms with Crippen molar-refractivity contribution in [1.82, 2.24) is 0 Å². The quantitative estimate of drug-likeness (QED) is 0.423. The highest BCUT2D eigenvalue weighted by Crippen LogP contribution is 2.10. The van der Waals surface area contributed by atoms with E-state index >= 15 is 0 Å². The smallest absolute Gasteiger partial charge is 0.00983 e. The lowest BCUT2D eigenvalue weighted by atomic mass is 10.1. The SMILES string of the molecule is CC=CCC(C=CC)=C(C)C. The van der Waals surface area contributed by atoms with Crippen LogP contribution >= 0.6 is 0 Å². The van der Waals surface area contributed by atoms with Crippen molar-refractivity contribution in [1.29, 1.82) is 0 Å². The van der Waals surface area contributed by atoms with E-state index in [1.165, 1.54) is 11.1 Å². The van der Waals surface area contributed by atoms with Gasteiger partial charge in [-0.2, -0.15) is 0 Å². The van der Waals surface area contributed by atoms with Gasteiger partial charge in [0, 0.05) is 0 Å². The molecule has 0 aromatic heterocycles. The molecule has 0 aliphatic heterocycles. The Labute approximate surface area is 70.3 Å². The Morgan fingerprint density at radius 2 is 1.73 bits per heavy atom. The van der Waals surface area contributed by atoms with Gasteiger partial charge in [0.05, 0.1) is 0 Å². The van der Waals surface area contributed by atoms with Gasteiger partial charge in [-0.05, 0) is 39.7 Å². The lowest BCUT2D eigenvalue weighted by molar-refractivity contribution is 1.18. The number of allylic oxidation sites excluding steroid dienone is 6. The molecule has 0 rings (SSSR count). The van der Waals surface area contributed by atoms with E-state index in [0.717, 1.165) is 6.42 Å². The van der Waals surface area contributed by atoms with Gasteiger partial charge in [-0.1, -0.05) is 29.9 Å². The molecule has 0 bridgehead atoms. The van der Waals surface area contributed by atoms with E-state index < -0.39 is 0 Å². The molecule has 0 saturated heterocycles. The van der Waals surface area contributed by atoms with Crippen molar-refractivity contribution >= 4 is 0 Å². The van der Waals surface area contributed by atoms with Crippen molar-refractivity contribution in [3.63, 3.8) is 0 Å². The third-order valence-electron chi connectivity index (χ3n) is 1.58. The van der Waals surface area contributed by atoms with Crippen LogP contribution in [-0.4, -0.2) is 0 Å². The number of hydrogen-bond donors (Lipinski definition) is 0. The van der Waals surface area contributed by atoms with E-state index in [1.54, 1.807) is 0 Å². The molecule has 0 fully saturated rings. The Balaban J connectivity index is 4.25. The first-order valence-electron chi connectivity index (χ1n) is 4.12. The van der Waals surface area contributed by atoms with Crippen LogP contribution in [0.4, 0.5) is 0 Å². The predicted molar refractivity (Wildman–Crippen MR) is 52.6 cm³/mol. The van der Waals surface area contributed by atoms with Gasteiger partial charge in [0.15, 0.2) is 0 Å². The maximum Gasteiger partial charge on any atom is -0.00983 e. The van der Waals surface area contributed by atoms with Gasteiger partial charge in [-0.15, -0.1) is 0 Å². The topological polar surface area (TPSA) is 0 Å². The first-order chi connectivity index (χ1) is 5.22. The van der Waals surface area contributed by atoms with Crippen molar-refractivity contribution in [2.45, 2.75) is 34.1 Å². The molecule has 0 spiro atoms. The molecule has 0 heterocycles. The molecule has 0 aromatic carbocycles. The molecule has 0 heteroatoms. The standard InChI is InChI=1S/C11H18/c1-5-7-9-11(8-6-2)10(3)4/h5-8H,9H2,1-4H3. The highest BCUT2D eigenvalue weighted by molar-refractivity contribution is 5.25. The van der Waals surface area contributed by atoms with Gasteiger partial charge in [-0.3, -0.25) is 0 Å². The Kier molecular flexibility index (Phi) is 5.54. The zero-order valence-electron chi connectivity index (χ0n) is 8.02. The molecule has 0 radical (unpaired) electrons. The first-order valence-corrected chi connectivity index (χ1v) is 4.12. The van der Waals surface area contributed by atoms with Crippen LogP contribution in [-0.2, 0) is 0 Å². The lowest BCUT2D eigenvalue weighted by Gasteiger charge is -1.99. The minimum absolute atomic E-state index is 1.06. The second-order valence-corrected chi connectivity index (χ2v) is 2.80. The summed E-state index contributed by atoms with van der Waals surface area (Å²) >= 11 is 0. The van der Waals surface area contributed by atoms with Gasteiger partial charge >= 0.3 is 0 Å². The van der Waals surface area contributed by atoms with Crippen molar-refractivity contribution < 1.29 is 0 Å². The monoisotopic (exact) mass is 150 g/mol. The van der Waals surface area contributed by atoms with E-state index in [-0.39, 0.29) is 0 Å². The molecule has 62 valence electrons. The van der Waals surface area contributed by atoms with Crippen molar-refractivity contribution in [2.75, 3.05) is 0 Å². The van der Waals surface area contributed by atoms with E-state index in [4.69, 9.17) is 0 Å². The van der Waals surface area contributed by atoms with Gasteiger partial charge < -0.3 is 0 Å². The highest BCUT2D eigenvalue weighted by Gasteiger charge is 1.90. The van der Waals surface area contributed by atoms with Crippen LogP contribution in [0.15, 0.2) is 35.5 Å². The molecule has 0 saturated carbocycles. The first kappa shape index (κ1) is 10.2. The molecule has 0 nitrogen and oxygen atoms in total. The minimum Gasteiger partial charge on any atom is -0.0913 e. The zero-order chi connectivity index (χ0) is 8.69. The summed E-state index contributed by atoms with van der Waals surface area (Å²) in [5.74, 6) is 0. The Morgan fingerprint density at radius 3 is 2.09 bits per heavy atom. The molecular weight excluding hydrogens is 132 g/mol. The summed E-state index contributed by atoms with van der Waals surface area (Å²) in [5.41, 5.74) is 2.83. The average molecular weight is 150 g/mol. The zero-order valence-corrected chi connectivity index (χ0v) is 8.02. The number of hydrogen-bond acceptors (Lipinski definition) is 0. The molecule has 0 amide bonds. The summed E-state index contributed by atoms with van der Waals surface area (Å²) in [5, 5.41) is 0. The van der Waals surface area contributed by atoms with Crippen LogP contribution < -0.4 is 0 Å². The van der Waals surface area contributed by atoms with Crippen molar-refractivity contribution in [2.24, 2.45) is 0 Å². The van der Waals surface area contributed by atoms with Crippen LogP contribution in [0.3, 0.4) is 0 Å². The predicted octanol–water partition coefficient (Wildman–Crippen LogP) is 3.87. The Hall–Kier alpha value is -0.780. The second kappa shape index (κ2) is 5.96.